The van der Waals surface area contributed by atoms with E-state index >= 15 is 0 Å². The van der Waals surface area contributed by atoms with Gasteiger partial charge in [-0.05, 0) is 76.1 Å². The smallest absolute Gasteiger partial charge is 0.232 e. The molecule has 0 bridgehead atoms. The Morgan fingerprint density at radius 3 is 2.87 bits per heavy atom. The Bertz CT molecular complexity index is 904. The zero-order valence-corrected chi connectivity index (χ0v) is 19.9. The number of aryl methyl sites for hydroxylation is 2. The van der Waals surface area contributed by atoms with Crippen LogP contribution in [0.5, 0.6) is 0 Å². The number of amides is 1. The second-order valence-electron chi connectivity index (χ2n) is 9.25. The summed E-state index contributed by atoms with van der Waals surface area (Å²) in [6.07, 6.45) is 5.64. The number of likely N-dealkylation sites (tertiary alicyclic amines) is 1. The molecule has 1 atom stereocenters. The molecule has 4 rings (SSSR count). The highest BCUT2D eigenvalue weighted by molar-refractivity contribution is 7.15. The molecule has 6 heteroatoms. The van der Waals surface area contributed by atoms with Crippen molar-refractivity contribution in [3.05, 3.63) is 46.0 Å². The van der Waals surface area contributed by atoms with Gasteiger partial charge in [0, 0.05) is 24.6 Å². The highest BCUT2D eigenvalue weighted by Gasteiger charge is 2.40. The van der Waals surface area contributed by atoms with Crippen LogP contribution in [0.2, 0.25) is 0 Å². The summed E-state index contributed by atoms with van der Waals surface area (Å²) >= 11 is 1.58. The highest BCUT2D eigenvalue weighted by Crippen LogP contribution is 2.37. The van der Waals surface area contributed by atoms with E-state index in [1.165, 1.54) is 35.4 Å². The van der Waals surface area contributed by atoms with Crippen LogP contribution in [0.4, 0.5) is 5.13 Å². The fourth-order valence-electron chi connectivity index (χ4n) is 5.07. The number of aromatic nitrogens is 1. The second-order valence-corrected chi connectivity index (χ2v) is 10.4. The van der Waals surface area contributed by atoms with Crippen LogP contribution in [0, 0.1) is 12.3 Å². The van der Waals surface area contributed by atoms with Gasteiger partial charge in [-0.25, -0.2) is 4.98 Å². The number of nitrogens with one attached hydrogen (secondary N) is 1. The Morgan fingerprint density at radius 1 is 1.35 bits per heavy atom. The Hall–Kier alpha value is -1.76. The Morgan fingerprint density at radius 2 is 2.16 bits per heavy atom. The number of ether oxygens (including phenoxy) is 1. The molecule has 0 radical (unpaired) electrons. The first-order valence-electron chi connectivity index (χ1n) is 11.6. The Balaban J connectivity index is 1.53. The third-order valence-electron chi connectivity index (χ3n) is 6.97. The van der Waals surface area contributed by atoms with Crippen molar-refractivity contribution >= 4 is 22.4 Å². The number of benzene rings is 1. The van der Waals surface area contributed by atoms with E-state index in [4.69, 9.17) is 4.74 Å². The standard InChI is InChI=1S/C25H35N3O2S/c1-4-22-18(2)31-24(26-22)27-23(29)25(10-13-30-14-11-25)16-19-7-5-8-20(15-19)21-9-6-12-28(3)17-21/h5,7-8,15,21H,4,6,9-14,16-17H2,1-3H3,(H,26,27,29)/t21-/m1/s1. The number of carbonyl (C=O) groups excluding carboxylic acids is 1. The number of hydrogen-bond donors (Lipinski definition) is 1. The largest absolute Gasteiger partial charge is 0.381 e. The van der Waals surface area contributed by atoms with E-state index in [0.717, 1.165) is 43.1 Å². The van der Waals surface area contributed by atoms with E-state index in [1.54, 1.807) is 11.3 Å². The molecule has 2 aliphatic heterocycles. The lowest BCUT2D eigenvalue weighted by molar-refractivity contribution is -0.131. The molecule has 2 aliphatic rings. The average Bonchev–Trinajstić information content (AvgIpc) is 3.13. The van der Waals surface area contributed by atoms with Gasteiger partial charge < -0.3 is 15.0 Å². The number of carbonyl (C=O) groups is 1. The van der Waals surface area contributed by atoms with Gasteiger partial charge in [-0.15, -0.1) is 11.3 Å². The van der Waals surface area contributed by atoms with Crippen LogP contribution >= 0.6 is 11.3 Å². The summed E-state index contributed by atoms with van der Waals surface area (Å²) in [7, 11) is 2.21. The van der Waals surface area contributed by atoms with Gasteiger partial charge in [0.2, 0.25) is 5.91 Å². The third-order valence-corrected chi connectivity index (χ3v) is 7.90. The van der Waals surface area contributed by atoms with E-state index < -0.39 is 5.41 Å². The van der Waals surface area contributed by atoms with Crippen molar-refractivity contribution < 1.29 is 9.53 Å². The minimum Gasteiger partial charge on any atom is -0.381 e. The lowest BCUT2D eigenvalue weighted by atomic mass is 9.74. The average molecular weight is 442 g/mol. The first-order chi connectivity index (χ1) is 15.0. The molecule has 1 N–H and O–H groups in total. The van der Waals surface area contributed by atoms with Gasteiger partial charge in [0.25, 0.3) is 0 Å². The number of hydrogen-bond acceptors (Lipinski definition) is 5. The van der Waals surface area contributed by atoms with Crippen LogP contribution in [0.3, 0.4) is 0 Å². The monoisotopic (exact) mass is 441 g/mol. The molecule has 0 unspecified atom stereocenters. The number of piperidine rings is 1. The summed E-state index contributed by atoms with van der Waals surface area (Å²) in [4.78, 5) is 21.8. The summed E-state index contributed by atoms with van der Waals surface area (Å²) in [6, 6.07) is 8.96. The number of anilines is 1. The van der Waals surface area contributed by atoms with Crippen LogP contribution < -0.4 is 5.32 Å². The van der Waals surface area contributed by atoms with E-state index in [0.29, 0.717) is 19.1 Å². The maximum atomic E-state index is 13.5. The first-order valence-corrected chi connectivity index (χ1v) is 12.4. The number of rotatable bonds is 6. The normalized spacial score (nSPS) is 21.7. The van der Waals surface area contributed by atoms with Gasteiger partial charge in [0.05, 0.1) is 11.1 Å². The van der Waals surface area contributed by atoms with E-state index in [-0.39, 0.29) is 5.91 Å². The number of likely N-dealkylation sites (N-methyl/N-ethyl adjacent to an activating group) is 1. The van der Waals surface area contributed by atoms with Crippen molar-refractivity contribution in [2.24, 2.45) is 5.41 Å². The van der Waals surface area contributed by atoms with Gasteiger partial charge in [0.15, 0.2) is 5.13 Å². The van der Waals surface area contributed by atoms with E-state index in [9.17, 15) is 4.79 Å². The molecule has 1 aromatic carbocycles. The molecule has 5 nitrogen and oxygen atoms in total. The lowest BCUT2D eigenvalue weighted by Crippen LogP contribution is -2.42. The fourth-order valence-corrected chi connectivity index (χ4v) is 5.97. The van der Waals surface area contributed by atoms with Crippen LogP contribution in [0.15, 0.2) is 24.3 Å². The van der Waals surface area contributed by atoms with Gasteiger partial charge in [0.1, 0.15) is 0 Å². The molecular weight excluding hydrogens is 406 g/mol. The number of nitrogens with zero attached hydrogens (tertiary/aromatic N) is 2. The second kappa shape index (κ2) is 9.80. The predicted octanol–water partition coefficient (Wildman–Crippen LogP) is 4.80. The van der Waals surface area contributed by atoms with Crippen molar-refractivity contribution in [2.75, 3.05) is 38.7 Å². The summed E-state index contributed by atoms with van der Waals surface area (Å²) < 4.78 is 5.64. The maximum absolute atomic E-state index is 13.5. The molecule has 2 aromatic rings. The van der Waals surface area contributed by atoms with Crippen LogP contribution in [0.1, 0.15) is 60.2 Å². The Kier molecular flexibility index (Phi) is 7.09. The maximum Gasteiger partial charge on any atom is 0.232 e. The van der Waals surface area contributed by atoms with Crippen LogP contribution in [0.25, 0.3) is 0 Å². The minimum atomic E-state index is -0.438. The molecule has 0 spiro atoms. The molecule has 0 saturated carbocycles. The van der Waals surface area contributed by atoms with Gasteiger partial charge in [-0.1, -0.05) is 31.2 Å². The quantitative estimate of drug-likeness (QED) is 0.700. The summed E-state index contributed by atoms with van der Waals surface area (Å²) in [6.45, 7) is 7.76. The van der Waals surface area contributed by atoms with Gasteiger partial charge >= 0.3 is 0 Å². The molecule has 168 valence electrons. The zero-order chi connectivity index (χ0) is 21.8. The van der Waals surface area contributed by atoms with E-state index in [2.05, 4.69) is 60.4 Å². The Labute approximate surface area is 190 Å². The molecule has 1 aromatic heterocycles. The summed E-state index contributed by atoms with van der Waals surface area (Å²) in [5.74, 6) is 0.680. The van der Waals surface area contributed by atoms with Crippen molar-refractivity contribution in [1.82, 2.24) is 9.88 Å². The van der Waals surface area contributed by atoms with Crippen molar-refractivity contribution in [2.45, 2.75) is 58.3 Å². The van der Waals surface area contributed by atoms with Gasteiger partial charge in [-0.2, -0.15) is 0 Å². The van der Waals surface area contributed by atoms with Crippen molar-refractivity contribution in [3.63, 3.8) is 0 Å². The third kappa shape index (κ3) is 5.18. The molecule has 0 aliphatic carbocycles. The van der Waals surface area contributed by atoms with Crippen LogP contribution in [-0.2, 0) is 22.4 Å². The van der Waals surface area contributed by atoms with Crippen molar-refractivity contribution in [1.29, 1.82) is 0 Å². The SMILES string of the molecule is CCc1nc(NC(=O)C2(Cc3cccc([C@@H]4CCCN(C)C4)c3)CCOCC2)sc1C. The highest BCUT2D eigenvalue weighted by atomic mass is 32.1. The molecular formula is C25H35N3O2S. The first kappa shape index (κ1) is 22.4. The van der Waals surface area contributed by atoms with Gasteiger partial charge in [-0.3, -0.25) is 4.79 Å². The molecule has 3 heterocycles. The minimum absolute atomic E-state index is 0.0926. The number of thiazole rings is 1. The molecule has 2 fully saturated rings. The molecule has 1 amide bonds. The van der Waals surface area contributed by atoms with Crippen molar-refractivity contribution in [3.8, 4) is 0 Å². The van der Waals surface area contributed by atoms with E-state index in [1.807, 2.05) is 0 Å². The fraction of sp³-hybridized carbons (Fsp3) is 0.600. The summed E-state index contributed by atoms with van der Waals surface area (Å²) in [5.41, 5.74) is 3.31. The lowest BCUT2D eigenvalue weighted by Gasteiger charge is -2.36. The molecule has 31 heavy (non-hydrogen) atoms. The topological polar surface area (TPSA) is 54.5 Å². The molecule has 2 saturated heterocycles. The summed E-state index contributed by atoms with van der Waals surface area (Å²) in [5, 5.41) is 3.88. The predicted molar refractivity (Wildman–Crippen MR) is 127 cm³/mol. The van der Waals surface area contributed by atoms with Crippen LogP contribution in [-0.4, -0.2) is 49.1 Å². The zero-order valence-electron chi connectivity index (χ0n) is 19.1.